The zero-order chi connectivity index (χ0) is 47.1. The van der Waals surface area contributed by atoms with E-state index in [1.807, 2.05) is 28.2 Å². The Morgan fingerprint density at radius 3 is 0.831 bits per heavy atom. The van der Waals surface area contributed by atoms with E-state index < -0.39 is 0 Å². The average Bonchev–Trinajstić information content (AvgIpc) is 3.26. The molecule has 0 saturated carbocycles. The minimum absolute atomic E-state index is 0. The number of hydrogen-bond donors (Lipinski definition) is 7. The van der Waals surface area contributed by atoms with Crippen molar-refractivity contribution >= 4 is 63.8 Å². The largest absolute Gasteiger partial charge is 0.359 e. The number of carbonyl (C=O) groups is 2. The standard InChI is InChI=1S/C12H28N2.C10H20N2O2.C10H24N2.C10H22.C9H23N3.3BrH/c1-13(2)11-9-7-5-6-8-10-12-14(3)4;13-9-11-7-5-3-1-2-4-6-8-12-10-14;1-11-9-7-5-3-4-6-8-10-12-2;1-3-5-7-9-10-8-6-4-2;1-10-6-3-4-8-12-9-5-7-11-2;;;/h5-12H2,1-4H3;9-10H,1-8H2,(H,11,13)(H,12,14);11-12H,3-10H2,1-2H3;3-10H2,1-2H3;10-12H,3-9H2,1-2H3;3*1H. The number of amides is 2. The molecule has 0 heterocycles. The Labute approximate surface area is 439 Å². The summed E-state index contributed by atoms with van der Waals surface area (Å²) in [5.74, 6) is 0. The number of carbonyl (C=O) groups excluding carboxylic acids is 2. The van der Waals surface area contributed by atoms with Gasteiger partial charge in [0.25, 0.3) is 0 Å². The first kappa shape index (κ1) is 82.0. The zero-order valence-electron chi connectivity index (χ0n) is 45.2. The van der Waals surface area contributed by atoms with E-state index in [4.69, 9.17) is 0 Å². The smallest absolute Gasteiger partial charge is 0.207 e. The molecule has 0 saturated heterocycles. The fourth-order valence-electron chi connectivity index (χ4n) is 6.43. The van der Waals surface area contributed by atoms with Crippen LogP contribution in [0, 0.1) is 0 Å². The molecule has 0 fully saturated rings. The second kappa shape index (κ2) is 87.2. The van der Waals surface area contributed by atoms with Crippen LogP contribution in [0.25, 0.3) is 0 Å². The molecule has 0 bridgehead atoms. The van der Waals surface area contributed by atoms with Gasteiger partial charge in [-0.2, -0.15) is 0 Å². The van der Waals surface area contributed by atoms with Crippen molar-refractivity contribution in [1.82, 2.24) is 47.0 Å². The summed E-state index contributed by atoms with van der Waals surface area (Å²) in [6.07, 6.45) is 40.2. The van der Waals surface area contributed by atoms with Crippen molar-refractivity contribution in [3.05, 3.63) is 0 Å². The van der Waals surface area contributed by atoms with Crippen molar-refractivity contribution in [1.29, 1.82) is 0 Å². The summed E-state index contributed by atoms with van der Waals surface area (Å²) in [4.78, 5) is 24.3. The van der Waals surface area contributed by atoms with E-state index in [0.717, 1.165) is 64.9 Å². The summed E-state index contributed by atoms with van der Waals surface area (Å²) in [5, 5.41) is 21.3. The van der Waals surface area contributed by atoms with E-state index in [0.29, 0.717) is 0 Å². The molecule has 0 aromatic rings. The molecule has 11 nitrogen and oxygen atoms in total. The molecule has 7 N–H and O–H groups in total. The summed E-state index contributed by atoms with van der Waals surface area (Å²) in [6, 6.07) is 0. The number of nitrogens with zero attached hydrogens (tertiary/aromatic N) is 2. The lowest BCUT2D eigenvalue weighted by Gasteiger charge is -2.09. The molecule has 402 valence electrons. The Morgan fingerprint density at radius 2 is 0.538 bits per heavy atom. The van der Waals surface area contributed by atoms with Crippen LogP contribution in [0.15, 0.2) is 0 Å². The molecule has 0 aromatic heterocycles. The number of hydrogen-bond acceptors (Lipinski definition) is 9. The lowest BCUT2D eigenvalue weighted by molar-refractivity contribution is -0.110. The molecule has 0 spiro atoms. The second-order valence-corrected chi connectivity index (χ2v) is 17.5. The number of rotatable bonds is 45. The van der Waals surface area contributed by atoms with E-state index in [9.17, 15) is 9.59 Å². The van der Waals surface area contributed by atoms with Gasteiger partial charge in [0.15, 0.2) is 0 Å². The van der Waals surface area contributed by atoms with Crippen LogP contribution >= 0.6 is 50.9 Å². The average molecular weight is 1130 g/mol. The minimum atomic E-state index is 0. The summed E-state index contributed by atoms with van der Waals surface area (Å²) in [6.45, 7) is 15.5. The SMILES string of the molecule is Br.Br.Br.CCCCCCCCCC.CN(C)CCCCCCCCN(C)C.CNCCCCCCCCNC.CNCCCCNCCCNC.O=CNCCCCCCCCNC=O. The molecule has 0 aliphatic carbocycles. The van der Waals surface area contributed by atoms with Gasteiger partial charge in [-0.3, -0.25) is 9.59 Å². The van der Waals surface area contributed by atoms with Gasteiger partial charge in [-0.25, -0.2) is 0 Å². The minimum Gasteiger partial charge on any atom is -0.359 e. The Hall–Kier alpha value is 0.1000. The molecule has 0 unspecified atom stereocenters. The van der Waals surface area contributed by atoms with Crippen LogP contribution in [0.2, 0.25) is 0 Å². The Kier molecular flexibility index (Phi) is 110. The monoisotopic (exact) mass is 1130 g/mol. The molecule has 0 aliphatic rings. The zero-order valence-corrected chi connectivity index (χ0v) is 50.3. The van der Waals surface area contributed by atoms with Gasteiger partial charge < -0.3 is 47.0 Å². The van der Waals surface area contributed by atoms with Crippen LogP contribution in [0.3, 0.4) is 0 Å². The molecule has 0 atom stereocenters. The molecule has 14 heteroatoms. The van der Waals surface area contributed by atoms with Crippen molar-refractivity contribution in [2.24, 2.45) is 0 Å². The van der Waals surface area contributed by atoms with Crippen LogP contribution in [-0.4, -0.2) is 144 Å². The van der Waals surface area contributed by atoms with Gasteiger partial charge >= 0.3 is 0 Å². The maximum Gasteiger partial charge on any atom is 0.207 e. The first-order chi connectivity index (χ1) is 30.3. The van der Waals surface area contributed by atoms with E-state index in [-0.39, 0.29) is 50.9 Å². The van der Waals surface area contributed by atoms with Crippen molar-refractivity contribution in [2.75, 3.05) is 122 Å². The third-order valence-electron chi connectivity index (χ3n) is 10.4. The van der Waals surface area contributed by atoms with Crippen LogP contribution < -0.4 is 37.2 Å². The molecule has 0 radical (unpaired) electrons. The maximum absolute atomic E-state index is 9.89. The summed E-state index contributed by atoms with van der Waals surface area (Å²) >= 11 is 0. The van der Waals surface area contributed by atoms with Crippen LogP contribution in [0.1, 0.15) is 200 Å². The molecular formula is C51H120Br3N9O2. The van der Waals surface area contributed by atoms with Crippen molar-refractivity contribution in [3.63, 3.8) is 0 Å². The van der Waals surface area contributed by atoms with Crippen molar-refractivity contribution < 1.29 is 9.59 Å². The predicted molar refractivity (Wildman–Crippen MR) is 310 cm³/mol. The molecule has 0 aliphatic heterocycles. The fourth-order valence-corrected chi connectivity index (χ4v) is 6.43. The Bertz CT molecular complexity index is 660. The van der Waals surface area contributed by atoms with Crippen molar-refractivity contribution in [2.45, 2.75) is 200 Å². The van der Waals surface area contributed by atoms with E-state index in [2.05, 4.69) is 89.1 Å². The van der Waals surface area contributed by atoms with Gasteiger partial charge in [0, 0.05) is 13.1 Å². The van der Waals surface area contributed by atoms with E-state index in [1.54, 1.807) is 0 Å². The molecule has 0 rings (SSSR count). The third-order valence-corrected chi connectivity index (χ3v) is 10.4. The highest BCUT2D eigenvalue weighted by molar-refractivity contribution is 8.93. The summed E-state index contributed by atoms with van der Waals surface area (Å²) < 4.78 is 0. The highest BCUT2D eigenvalue weighted by Gasteiger charge is 1.95. The van der Waals surface area contributed by atoms with Crippen LogP contribution in [0.5, 0.6) is 0 Å². The van der Waals surface area contributed by atoms with Crippen LogP contribution in [-0.2, 0) is 9.59 Å². The molecule has 65 heavy (non-hydrogen) atoms. The Balaban J connectivity index is -0.000000103. The summed E-state index contributed by atoms with van der Waals surface area (Å²) in [7, 11) is 16.6. The lowest BCUT2D eigenvalue weighted by atomic mass is 10.1. The maximum atomic E-state index is 9.89. The summed E-state index contributed by atoms with van der Waals surface area (Å²) in [5.41, 5.74) is 0. The topological polar surface area (TPSA) is 125 Å². The normalized spacial score (nSPS) is 9.97. The second-order valence-electron chi connectivity index (χ2n) is 17.5. The molecule has 0 aromatic carbocycles. The van der Waals surface area contributed by atoms with E-state index in [1.165, 1.54) is 200 Å². The quantitative estimate of drug-likeness (QED) is 0.0236. The van der Waals surface area contributed by atoms with Gasteiger partial charge in [-0.05, 0) is 167 Å². The third kappa shape index (κ3) is 111. The number of nitrogens with one attached hydrogen (secondary N) is 7. The van der Waals surface area contributed by atoms with Gasteiger partial charge in [0.2, 0.25) is 12.8 Å². The predicted octanol–water partition coefficient (Wildman–Crippen LogP) is 11.1. The number of unbranched alkanes of at least 4 members (excludes halogenated alkanes) is 23. The van der Waals surface area contributed by atoms with Crippen molar-refractivity contribution in [3.8, 4) is 0 Å². The lowest BCUT2D eigenvalue weighted by Crippen LogP contribution is -2.21. The molecular weight excluding hydrogens is 1010 g/mol. The van der Waals surface area contributed by atoms with Gasteiger partial charge in [0.05, 0.1) is 0 Å². The van der Waals surface area contributed by atoms with E-state index >= 15 is 0 Å². The van der Waals surface area contributed by atoms with Gasteiger partial charge in [-0.15, -0.1) is 50.9 Å². The molecule has 2 amide bonds. The highest BCUT2D eigenvalue weighted by Crippen LogP contribution is 2.08. The Morgan fingerprint density at radius 1 is 0.308 bits per heavy atom. The first-order valence-corrected chi connectivity index (χ1v) is 26.2. The highest BCUT2D eigenvalue weighted by atomic mass is 79.9. The van der Waals surface area contributed by atoms with Crippen LogP contribution in [0.4, 0.5) is 0 Å². The number of halogens is 3. The van der Waals surface area contributed by atoms with Gasteiger partial charge in [0.1, 0.15) is 0 Å². The first-order valence-electron chi connectivity index (χ1n) is 26.2. The van der Waals surface area contributed by atoms with Gasteiger partial charge in [-0.1, -0.05) is 142 Å². The fraction of sp³-hybridized carbons (Fsp3) is 0.961.